The summed E-state index contributed by atoms with van der Waals surface area (Å²) in [6.45, 7) is 2.44. The summed E-state index contributed by atoms with van der Waals surface area (Å²) in [5, 5.41) is 22.0. The predicted octanol–water partition coefficient (Wildman–Crippen LogP) is 15.3. The number of rotatable bonds is 49. The lowest BCUT2D eigenvalue weighted by atomic mass is 10.1. The number of aliphatic carboxylic acids is 1. The van der Waals surface area contributed by atoms with Gasteiger partial charge in [-0.3, -0.25) is 18.6 Å². The van der Waals surface area contributed by atoms with E-state index in [-0.39, 0.29) is 12.8 Å². The molecule has 0 saturated heterocycles. The van der Waals surface area contributed by atoms with Gasteiger partial charge in [0.15, 0.2) is 6.04 Å². The van der Waals surface area contributed by atoms with Gasteiger partial charge in [0.05, 0.1) is 13.2 Å². The molecule has 0 fully saturated rings. The molecule has 3 atom stereocenters. The molecule has 1 amide bonds. The number of carbonyl (C=O) groups excluding carboxylic acids is 2. The number of carbonyl (C=O) groups is 3. The average Bonchev–Trinajstić information content (AvgIpc) is 3.34. The van der Waals surface area contributed by atoms with Crippen molar-refractivity contribution in [2.24, 2.45) is 0 Å². The largest absolute Gasteiger partial charge is 0.480 e. The third-order valence-corrected chi connectivity index (χ3v) is 12.0. The standard InChI is InChI=1S/C58H96NO10P/c1-3-5-7-9-11-13-15-17-19-21-23-25-27-29-31-33-35-37-39-41-43-45-47-49-56(61)59-55(58(63)64)53-69-70(65,66)68-52-54(60)51-67-57(62)50-48-46-44-42-40-38-36-34-32-30-28-26-24-22-20-18-16-14-12-10-8-6-4-2/h6,8,11-14,17-20,23-26,29-32,54-55,60H,3-5,7,9-10,15-16,21-22,27-28,33-53H2,1-2H3,(H,59,61)(H,63,64)(H,65,66)/b8-6-,13-11-,14-12-,19-17-,20-18-,25-23-,26-24-,31-29-,32-30-. The number of phosphoric acid groups is 1. The van der Waals surface area contributed by atoms with Crippen molar-refractivity contribution in [1.82, 2.24) is 5.32 Å². The minimum absolute atomic E-state index is 0.127. The molecule has 0 saturated carbocycles. The Kier molecular flexibility index (Phi) is 48.7. The van der Waals surface area contributed by atoms with Crippen LogP contribution < -0.4 is 5.32 Å². The number of phosphoric ester groups is 1. The molecule has 0 aliphatic heterocycles. The molecule has 0 aromatic heterocycles. The van der Waals surface area contributed by atoms with Crippen LogP contribution in [0.4, 0.5) is 0 Å². The highest BCUT2D eigenvalue weighted by Gasteiger charge is 2.28. The van der Waals surface area contributed by atoms with E-state index in [0.29, 0.717) is 12.8 Å². The third kappa shape index (κ3) is 50.5. The zero-order valence-electron chi connectivity index (χ0n) is 43.5. The van der Waals surface area contributed by atoms with Crippen LogP contribution in [-0.2, 0) is 32.7 Å². The van der Waals surface area contributed by atoms with Gasteiger partial charge in [0.25, 0.3) is 0 Å². The number of unbranched alkanes of at least 4 members (excludes halogenated alkanes) is 17. The zero-order chi connectivity index (χ0) is 51.3. The number of nitrogens with one attached hydrogen (secondary N) is 1. The summed E-state index contributed by atoms with van der Waals surface area (Å²) in [6, 6.07) is -1.56. The van der Waals surface area contributed by atoms with Gasteiger partial charge in [-0.15, -0.1) is 0 Å². The Balaban J connectivity index is 3.88. The first-order chi connectivity index (χ1) is 34.1. The van der Waals surface area contributed by atoms with Gasteiger partial charge in [-0.1, -0.05) is 200 Å². The maximum absolute atomic E-state index is 12.4. The van der Waals surface area contributed by atoms with Crippen molar-refractivity contribution in [3.8, 4) is 0 Å². The molecule has 0 bridgehead atoms. The predicted molar refractivity (Wildman–Crippen MR) is 290 cm³/mol. The molecule has 11 nitrogen and oxygen atoms in total. The van der Waals surface area contributed by atoms with Crippen LogP contribution in [0.5, 0.6) is 0 Å². The molecule has 0 radical (unpaired) electrons. The van der Waals surface area contributed by atoms with Crippen molar-refractivity contribution in [2.45, 2.75) is 219 Å². The SMILES string of the molecule is CC/C=C\C/C=C\C/C=C\C/C=C\C/C=C\CCCCCCCCCC(=O)OCC(O)COP(=O)(O)OCC(NC(=O)CCCCCCCCC/C=C\C/C=C\C/C=C\C/C=C\CCCCC)C(=O)O. The Morgan fingerprint density at radius 2 is 0.829 bits per heavy atom. The van der Waals surface area contributed by atoms with Gasteiger partial charge >= 0.3 is 19.8 Å². The van der Waals surface area contributed by atoms with Gasteiger partial charge in [0.1, 0.15) is 12.7 Å². The summed E-state index contributed by atoms with van der Waals surface area (Å²) in [6.07, 6.45) is 68.1. The van der Waals surface area contributed by atoms with E-state index in [1.165, 1.54) is 38.5 Å². The smallest absolute Gasteiger partial charge is 0.472 e. The van der Waals surface area contributed by atoms with Crippen LogP contribution in [0, 0.1) is 0 Å². The number of aliphatic hydroxyl groups is 1. The number of aliphatic hydroxyl groups excluding tert-OH is 1. The van der Waals surface area contributed by atoms with E-state index in [4.69, 9.17) is 13.8 Å². The van der Waals surface area contributed by atoms with E-state index >= 15 is 0 Å². The quantitative estimate of drug-likeness (QED) is 0.0199. The van der Waals surface area contributed by atoms with Crippen molar-refractivity contribution >= 4 is 25.7 Å². The molecule has 0 aliphatic carbocycles. The molecule has 0 rings (SSSR count). The summed E-state index contributed by atoms with van der Waals surface area (Å²) in [4.78, 5) is 46.2. The second-order valence-electron chi connectivity index (χ2n) is 17.7. The Morgan fingerprint density at radius 3 is 1.24 bits per heavy atom. The van der Waals surface area contributed by atoms with E-state index < -0.39 is 57.6 Å². The minimum atomic E-state index is -4.78. The average molecular weight is 998 g/mol. The Morgan fingerprint density at radius 1 is 0.471 bits per heavy atom. The summed E-state index contributed by atoms with van der Waals surface area (Å²) in [5.74, 6) is -2.41. The van der Waals surface area contributed by atoms with Crippen LogP contribution in [0.25, 0.3) is 0 Å². The van der Waals surface area contributed by atoms with Gasteiger partial charge < -0.3 is 25.2 Å². The molecule has 0 aliphatic rings. The monoisotopic (exact) mass is 998 g/mol. The van der Waals surface area contributed by atoms with E-state index in [2.05, 4.69) is 129 Å². The zero-order valence-corrected chi connectivity index (χ0v) is 44.4. The maximum atomic E-state index is 12.4. The van der Waals surface area contributed by atoms with Crippen LogP contribution in [0.3, 0.4) is 0 Å². The van der Waals surface area contributed by atoms with Crippen LogP contribution in [0.2, 0.25) is 0 Å². The van der Waals surface area contributed by atoms with Crippen molar-refractivity contribution in [2.75, 3.05) is 19.8 Å². The first kappa shape index (κ1) is 66.1. The fourth-order valence-corrected chi connectivity index (χ4v) is 7.69. The van der Waals surface area contributed by atoms with E-state index in [1.807, 2.05) is 0 Å². The number of carboxylic acids is 1. The fraction of sp³-hybridized carbons (Fsp3) is 0.638. The molecule has 0 aromatic carbocycles. The van der Waals surface area contributed by atoms with Crippen molar-refractivity contribution in [3.05, 3.63) is 109 Å². The van der Waals surface area contributed by atoms with Gasteiger partial charge in [-0.25, -0.2) is 9.36 Å². The Hall–Kier alpha value is -3.86. The molecule has 70 heavy (non-hydrogen) atoms. The molecule has 0 spiro atoms. The van der Waals surface area contributed by atoms with Crippen molar-refractivity contribution < 1.29 is 47.8 Å². The minimum Gasteiger partial charge on any atom is -0.480 e. The van der Waals surface area contributed by atoms with Crippen LogP contribution in [0.15, 0.2) is 109 Å². The highest BCUT2D eigenvalue weighted by atomic mass is 31.2. The Labute approximate surface area is 425 Å². The first-order valence-corrected chi connectivity index (χ1v) is 28.4. The van der Waals surface area contributed by atoms with Crippen LogP contribution >= 0.6 is 7.82 Å². The molecule has 12 heteroatoms. The lowest BCUT2D eigenvalue weighted by Gasteiger charge is -2.18. The Bertz CT molecular complexity index is 1590. The number of allylic oxidation sites excluding steroid dienone is 18. The maximum Gasteiger partial charge on any atom is 0.472 e. The fourth-order valence-electron chi connectivity index (χ4n) is 6.91. The normalized spacial score (nSPS) is 14.3. The summed E-state index contributed by atoms with van der Waals surface area (Å²) < 4.78 is 27.0. The topological polar surface area (TPSA) is 169 Å². The highest BCUT2D eigenvalue weighted by Crippen LogP contribution is 2.43. The van der Waals surface area contributed by atoms with Gasteiger partial charge in [0.2, 0.25) is 5.91 Å². The van der Waals surface area contributed by atoms with Gasteiger partial charge in [0, 0.05) is 12.8 Å². The van der Waals surface area contributed by atoms with E-state index in [9.17, 15) is 34.1 Å². The first-order valence-electron chi connectivity index (χ1n) is 26.9. The summed E-state index contributed by atoms with van der Waals surface area (Å²) in [7, 11) is -4.78. The van der Waals surface area contributed by atoms with Gasteiger partial charge in [-0.2, -0.15) is 0 Å². The molecular weight excluding hydrogens is 902 g/mol. The highest BCUT2D eigenvalue weighted by molar-refractivity contribution is 7.47. The second-order valence-corrected chi connectivity index (χ2v) is 19.1. The van der Waals surface area contributed by atoms with Crippen LogP contribution in [0.1, 0.15) is 206 Å². The number of carboxylic acid groups (broad SMARTS) is 1. The van der Waals surface area contributed by atoms with Crippen LogP contribution in [-0.4, -0.2) is 64.9 Å². The molecule has 0 heterocycles. The molecule has 0 aromatic rings. The van der Waals surface area contributed by atoms with Crippen molar-refractivity contribution in [3.63, 3.8) is 0 Å². The molecular formula is C58H96NO10P. The number of ether oxygens (including phenoxy) is 1. The van der Waals surface area contributed by atoms with Crippen molar-refractivity contribution in [1.29, 1.82) is 0 Å². The molecule has 4 N–H and O–H groups in total. The number of amides is 1. The molecule has 3 unspecified atom stereocenters. The number of hydrogen-bond acceptors (Lipinski definition) is 8. The second kappa shape index (κ2) is 51.5. The number of esters is 1. The summed E-state index contributed by atoms with van der Waals surface area (Å²) >= 11 is 0. The number of hydrogen-bond donors (Lipinski definition) is 4. The summed E-state index contributed by atoms with van der Waals surface area (Å²) in [5.41, 5.74) is 0. The van der Waals surface area contributed by atoms with E-state index in [0.717, 1.165) is 128 Å². The lowest BCUT2D eigenvalue weighted by molar-refractivity contribution is -0.147. The third-order valence-electron chi connectivity index (χ3n) is 11.0. The van der Waals surface area contributed by atoms with E-state index in [1.54, 1.807) is 0 Å². The lowest BCUT2D eigenvalue weighted by Crippen LogP contribution is -2.43. The van der Waals surface area contributed by atoms with Gasteiger partial charge in [-0.05, 0) is 103 Å². The molecule has 398 valence electrons.